The summed E-state index contributed by atoms with van der Waals surface area (Å²) in [5.74, 6) is 13.1. The highest BCUT2D eigenvalue weighted by molar-refractivity contribution is 5.46. The molecule has 0 bridgehead atoms. The van der Waals surface area contributed by atoms with Gasteiger partial charge in [0.05, 0.1) is 0 Å². The lowest BCUT2D eigenvalue weighted by atomic mass is 10.0. The predicted octanol–water partition coefficient (Wildman–Crippen LogP) is 8.70. The van der Waals surface area contributed by atoms with Crippen LogP contribution in [0.15, 0.2) is 48.5 Å². The second kappa shape index (κ2) is 16.3. The summed E-state index contributed by atoms with van der Waals surface area (Å²) in [7, 11) is 0. The molecule has 0 saturated heterocycles. The van der Waals surface area contributed by atoms with Crippen molar-refractivity contribution >= 4 is 0 Å². The molecule has 0 fully saturated rings. The smallest absolute Gasteiger partial charge is 0.0249 e. The first-order valence-electron chi connectivity index (χ1n) is 12.5. The van der Waals surface area contributed by atoms with Crippen molar-refractivity contribution < 1.29 is 0 Å². The molecule has 164 valence electrons. The quantitative estimate of drug-likeness (QED) is 0.241. The van der Waals surface area contributed by atoms with Gasteiger partial charge in [0, 0.05) is 23.1 Å². The van der Waals surface area contributed by atoms with Crippen molar-refractivity contribution in [3.63, 3.8) is 0 Å². The van der Waals surface area contributed by atoms with E-state index in [0.717, 1.165) is 23.1 Å². The standard InChI is InChI=1S/C31H40/c1-3-5-7-9-11-13-15-17-29-20-24-31(25-21-29)27-26-30-22-18-28(19-23-30)16-14-12-10-8-6-4-2/h18-25H,3-14,16H2,1-2H3. The summed E-state index contributed by atoms with van der Waals surface area (Å²) in [6.07, 6.45) is 16.8. The molecule has 0 aliphatic carbocycles. The lowest BCUT2D eigenvalue weighted by molar-refractivity contribution is 0.607. The summed E-state index contributed by atoms with van der Waals surface area (Å²) in [5, 5.41) is 0. The summed E-state index contributed by atoms with van der Waals surface area (Å²) in [6.45, 7) is 4.52. The number of rotatable bonds is 12. The molecule has 0 aliphatic heterocycles. The molecule has 0 N–H and O–H groups in total. The molecule has 0 aliphatic rings. The van der Waals surface area contributed by atoms with Crippen molar-refractivity contribution in [3.05, 3.63) is 70.8 Å². The van der Waals surface area contributed by atoms with Crippen LogP contribution in [0.2, 0.25) is 0 Å². The van der Waals surface area contributed by atoms with Gasteiger partial charge < -0.3 is 0 Å². The van der Waals surface area contributed by atoms with Gasteiger partial charge in [0.25, 0.3) is 0 Å². The molecule has 0 aromatic heterocycles. The van der Waals surface area contributed by atoms with Crippen LogP contribution in [0.4, 0.5) is 0 Å². The Hall–Kier alpha value is -2.44. The minimum Gasteiger partial charge on any atom is -0.0979 e. The van der Waals surface area contributed by atoms with Crippen LogP contribution in [0.1, 0.15) is 113 Å². The summed E-state index contributed by atoms with van der Waals surface area (Å²) in [4.78, 5) is 0. The van der Waals surface area contributed by atoms with E-state index in [4.69, 9.17) is 0 Å². The SMILES string of the molecule is CCCCCCCC#Cc1ccc(C#Cc2ccc(CCCCCCCC)cc2)cc1. The van der Waals surface area contributed by atoms with E-state index < -0.39 is 0 Å². The summed E-state index contributed by atoms with van der Waals surface area (Å²) in [5.41, 5.74) is 4.63. The lowest BCUT2D eigenvalue weighted by Gasteiger charge is -2.02. The van der Waals surface area contributed by atoms with Gasteiger partial charge in [-0.05, 0) is 61.2 Å². The van der Waals surface area contributed by atoms with Crippen LogP contribution >= 0.6 is 0 Å². The maximum Gasteiger partial charge on any atom is 0.0249 e. The monoisotopic (exact) mass is 412 g/mol. The molecule has 0 saturated carbocycles. The molecule has 0 unspecified atom stereocenters. The van der Waals surface area contributed by atoms with E-state index >= 15 is 0 Å². The second-order valence-corrected chi connectivity index (χ2v) is 8.51. The van der Waals surface area contributed by atoms with Crippen LogP contribution in [-0.2, 0) is 6.42 Å². The molecular formula is C31H40. The third-order valence-corrected chi connectivity index (χ3v) is 5.65. The highest BCUT2D eigenvalue weighted by atomic mass is 14.0. The largest absolute Gasteiger partial charge is 0.0979 e. The maximum atomic E-state index is 3.30. The van der Waals surface area contributed by atoms with Crippen LogP contribution in [0.25, 0.3) is 0 Å². The van der Waals surface area contributed by atoms with Gasteiger partial charge in [0.2, 0.25) is 0 Å². The van der Waals surface area contributed by atoms with E-state index in [1.807, 2.05) is 0 Å². The third kappa shape index (κ3) is 11.5. The van der Waals surface area contributed by atoms with Gasteiger partial charge in [-0.15, -0.1) is 0 Å². The first-order valence-corrected chi connectivity index (χ1v) is 12.5. The van der Waals surface area contributed by atoms with E-state index in [1.54, 1.807) is 0 Å². The maximum absolute atomic E-state index is 3.30. The first kappa shape index (κ1) is 24.8. The van der Waals surface area contributed by atoms with Gasteiger partial charge in [-0.2, -0.15) is 0 Å². The molecule has 0 spiro atoms. The van der Waals surface area contributed by atoms with Crippen molar-refractivity contribution in [3.8, 4) is 23.7 Å². The molecule has 2 aromatic rings. The highest BCUT2D eigenvalue weighted by Gasteiger charge is 1.95. The normalized spacial score (nSPS) is 10.1. The third-order valence-electron chi connectivity index (χ3n) is 5.65. The summed E-state index contributed by atoms with van der Waals surface area (Å²) in [6, 6.07) is 17.1. The number of hydrogen-bond acceptors (Lipinski definition) is 0. The molecule has 31 heavy (non-hydrogen) atoms. The zero-order valence-electron chi connectivity index (χ0n) is 19.8. The van der Waals surface area contributed by atoms with E-state index in [9.17, 15) is 0 Å². The molecule has 2 rings (SSSR count). The van der Waals surface area contributed by atoms with E-state index in [1.165, 1.54) is 82.6 Å². The Kier molecular flexibility index (Phi) is 13.0. The number of unbranched alkanes of at least 4 members (excludes halogenated alkanes) is 10. The Balaban J connectivity index is 1.74. The molecule has 0 nitrogen and oxygen atoms in total. The average molecular weight is 413 g/mol. The number of hydrogen-bond donors (Lipinski definition) is 0. The summed E-state index contributed by atoms with van der Waals surface area (Å²) >= 11 is 0. The van der Waals surface area contributed by atoms with Crippen LogP contribution in [0.3, 0.4) is 0 Å². The number of aryl methyl sites for hydroxylation is 1. The zero-order chi connectivity index (χ0) is 22.0. The van der Waals surface area contributed by atoms with Crippen molar-refractivity contribution in [2.75, 3.05) is 0 Å². The molecule has 0 heterocycles. The van der Waals surface area contributed by atoms with E-state index in [2.05, 4.69) is 86.1 Å². The zero-order valence-corrected chi connectivity index (χ0v) is 19.8. The van der Waals surface area contributed by atoms with E-state index in [0.29, 0.717) is 0 Å². The van der Waals surface area contributed by atoms with Crippen LogP contribution < -0.4 is 0 Å². The predicted molar refractivity (Wildman–Crippen MR) is 136 cm³/mol. The Labute approximate surface area is 191 Å². The molecular weight excluding hydrogens is 372 g/mol. The van der Waals surface area contributed by atoms with Gasteiger partial charge in [0.1, 0.15) is 0 Å². The summed E-state index contributed by atoms with van der Waals surface area (Å²) < 4.78 is 0. The Morgan fingerprint density at radius 3 is 1.52 bits per heavy atom. The first-order chi connectivity index (χ1) is 15.3. The Morgan fingerprint density at radius 1 is 0.484 bits per heavy atom. The van der Waals surface area contributed by atoms with Crippen molar-refractivity contribution in [1.29, 1.82) is 0 Å². The van der Waals surface area contributed by atoms with Crippen molar-refractivity contribution in [2.24, 2.45) is 0 Å². The van der Waals surface area contributed by atoms with Crippen molar-refractivity contribution in [1.82, 2.24) is 0 Å². The van der Waals surface area contributed by atoms with Crippen LogP contribution in [0, 0.1) is 23.7 Å². The van der Waals surface area contributed by atoms with E-state index in [-0.39, 0.29) is 0 Å². The Bertz CT molecular complexity index is 831. The lowest BCUT2D eigenvalue weighted by Crippen LogP contribution is -1.87. The topological polar surface area (TPSA) is 0 Å². The fourth-order valence-electron chi connectivity index (χ4n) is 3.63. The van der Waals surface area contributed by atoms with Gasteiger partial charge in [-0.3, -0.25) is 0 Å². The Morgan fingerprint density at radius 2 is 0.935 bits per heavy atom. The molecule has 0 heteroatoms. The van der Waals surface area contributed by atoms with Gasteiger partial charge in [-0.25, -0.2) is 0 Å². The minimum absolute atomic E-state index is 1.00. The highest BCUT2D eigenvalue weighted by Crippen LogP contribution is 2.11. The van der Waals surface area contributed by atoms with Crippen molar-refractivity contribution in [2.45, 2.75) is 97.3 Å². The fourth-order valence-corrected chi connectivity index (χ4v) is 3.63. The van der Waals surface area contributed by atoms with Crippen LogP contribution in [-0.4, -0.2) is 0 Å². The van der Waals surface area contributed by atoms with Gasteiger partial charge in [-0.1, -0.05) is 107 Å². The minimum atomic E-state index is 1.00. The molecule has 2 aromatic carbocycles. The molecule has 0 radical (unpaired) electrons. The van der Waals surface area contributed by atoms with Gasteiger partial charge in [0.15, 0.2) is 0 Å². The number of benzene rings is 2. The fraction of sp³-hybridized carbons (Fsp3) is 0.484. The average Bonchev–Trinajstić information content (AvgIpc) is 2.81. The second-order valence-electron chi connectivity index (χ2n) is 8.51. The molecule has 0 amide bonds. The van der Waals surface area contributed by atoms with Crippen LogP contribution in [0.5, 0.6) is 0 Å². The molecule has 0 atom stereocenters. The van der Waals surface area contributed by atoms with Gasteiger partial charge >= 0.3 is 0 Å².